The molecule has 1 atom stereocenters. The van der Waals surface area contributed by atoms with E-state index in [9.17, 15) is 9.59 Å². The third kappa shape index (κ3) is 10.9. The largest absolute Gasteiger partial charge is 0.508 e. The molecule has 6 heteroatoms. The van der Waals surface area contributed by atoms with E-state index in [1.54, 1.807) is 43.3 Å². The lowest BCUT2D eigenvalue weighted by Gasteiger charge is -2.09. The van der Waals surface area contributed by atoms with Gasteiger partial charge in [-0.05, 0) is 48.7 Å². The van der Waals surface area contributed by atoms with Crippen molar-refractivity contribution in [3.05, 3.63) is 71.8 Å². The van der Waals surface area contributed by atoms with Gasteiger partial charge in [-0.25, -0.2) is 4.79 Å². The van der Waals surface area contributed by atoms with Gasteiger partial charge in [-0.15, -0.1) is 0 Å². The first-order chi connectivity index (χ1) is 14.7. The predicted octanol–water partition coefficient (Wildman–Crippen LogP) is 4.58. The third-order valence-corrected chi connectivity index (χ3v) is 4.49. The van der Waals surface area contributed by atoms with Gasteiger partial charge in [-0.2, -0.15) is 0 Å². The zero-order valence-corrected chi connectivity index (χ0v) is 18.5. The van der Waals surface area contributed by atoms with Gasteiger partial charge in [0.05, 0.1) is 19.1 Å². The fraction of sp³-hybridized carbons (Fsp3) is 0.360. The lowest BCUT2D eigenvalue weighted by molar-refractivity contribution is -0.148. The SMILES string of the molecule is C=C(C)C(=O)OCCc1ccc(O)cc1.CCC(C)C(=O)OCCc1ccc(O)cc1. The summed E-state index contributed by atoms with van der Waals surface area (Å²) in [7, 11) is 0. The molecule has 0 aliphatic rings. The summed E-state index contributed by atoms with van der Waals surface area (Å²) >= 11 is 0. The Hall–Kier alpha value is -3.28. The molecule has 168 valence electrons. The highest BCUT2D eigenvalue weighted by Gasteiger charge is 2.11. The maximum atomic E-state index is 11.4. The van der Waals surface area contributed by atoms with Gasteiger partial charge in [0.25, 0.3) is 0 Å². The second-order valence-electron chi connectivity index (χ2n) is 7.23. The molecule has 31 heavy (non-hydrogen) atoms. The summed E-state index contributed by atoms with van der Waals surface area (Å²) in [5.41, 5.74) is 2.47. The normalized spacial score (nSPS) is 10.9. The number of carbonyl (C=O) groups excluding carboxylic acids is 2. The minimum Gasteiger partial charge on any atom is -0.508 e. The van der Waals surface area contributed by atoms with Crippen molar-refractivity contribution in [2.45, 2.75) is 40.0 Å². The summed E-state index contributed by atoms with van der Waals surface area (Å²) < 4.78 is 10.1. The molecule has 0 amide bonds. The Labute approximate surface area is 184 Å². The number of esters is 2. The topological polar surface area (TPSA) is 93.1 Å². The van der Waals surface area contributed by atoms with Crippen LogP contribution in [0.2, 0.25) is 0 Å². The molecule has 2 rings (SSSR count). The molecule has 0 aromatic heterocycles. The van der Waals surface area contributed by atoms with E-state index in [-0.39, 0.29) is 29.4 Å². The fourth-order valence-corrected chi connectivity index (χ4v) is 2.29. The average molecular weight is 429 g/mol. The number of carbonyl (C=O) groups is 2. The Balaban J connectivity index is 0.000000311. The number of hydrogen-bond donors (Lipinski definition) is 2. The Morgan fingerprint density at radius 1 is 0.871 bits per heavy atom. The molecule has 0 fully saturated rings. The minimum absolute atomic E-state index is 0.0279. The monoisotopic (exact) mass is 428 g/mol. The van der Waals surface area contributed by atoms with Gasteiger partial charge in [0.1, 0.15) is 11.5 Å². The average Bonchev–Trinajstić information content (AvgIpc) is 2.76. The Kier molecular flexibility index (Phi) is 11.5. The number of benzene rings is 2. The van der Waals surface area contributed by atoms with Crippen LogP contribution in [0.25, 0.3) is 0 Å². The highest BCUT2D eigenvalue weighted by molar-refractivity contribution is 5.86. The highest BCUT2D eigenvalue weighted by Crippen LogP contribution is 2.11. The summed E-state index contributed by atoms with van der Waals surface area (Å²) in [6.45, 7) is 9.65. The summed E-state index contributed by atoms with van der Waals surface area (Å²) in [6, 6.07) is 13.7. The van der Waals surface area contributed by atoms with Crippen LogP contribution in [0.4, 0.5) is 0 Å². The summed E-state index contributed by atoms with van der Waals surface area (Å²) in [5.74, 6) is -0.0482. The van der Waals surface area contributed by atoms with Crippen molar-refractivity contribution < 1.29 is 29.3 Å². The first kappa shape index (κ1) is 25.8. The quantitative estimate of drug-likeness (QED) is 0.449. The summed E-state index contributed by atoms with van der Waals surface area (Å²) in [4.78, 5) is 22.4. The molecule has 1 unspecified atom stereocenters. The molecular formula is C25H32O6. The molecule has 2 aromatic rings. The standard InChI is InChI=1S/C13H18O3.C12H14O3/c1-3-10(2)13(15)16-9-8-11-4-6-12(14)7-5-11;1-9(2)12(14)15-8-7-10-3-5-11(13)6-4-10/h4-7,10,14H,3,8-9H2,1-2H3;3-6,13H,1,7-8H2,2H3. The number of rotatable bonds is 9. The fourth-order valence-electron chi connectivity index (χ4n) is 2.29. The number of aromatic hydroxyl groups is 2. The van der Waals surface area contributed by atoms with E-state index in [2.05, 4.69) is 6.58 Å². The smallest absolute Gasteiger partial charge is 0.333 e. The minimum atomic E-state index is -0.367. The summed E-state index contributed by atoms with van der Waals surface area (Å²) in [6.07, 6.45) is 2.12. The van der Waals surface area contributed by atoms with Crippen molar-refractivity contribution in [3.8, 4) is 11.5 Å². The first-order valence-electron chi connectivity index (χ1n) is 10.3. The van der Waals surface area contributed by atoms with Gasteiger partial charge >= 0.3 is 11.9 Å². The lowest BCUT2D eigenvalue weighted by Crippen LogP contribution is -2.15. The molecule has 6 nitrogen and oxygen atoms in total. The van der Waals surface area contributed by atoms with Crippen LogP contribution in [-0.2, 0) is 31.9 Å². The van der Waals surface area contributed by atoms with Crippen LogP contribution < -0.4 is 0 Å². The third-order valence-electron chi connectivity index (χ3n) is 4.49. The van der Waals surface area contributed by atoms with E-state index in [1.165, 1.54) is 0 Å². The predicted molar refractivity (Wildman–Crippen MR) is 120 cm³/mol. The Morgan fingerprint density at radius 3 is 1.68 bits per heavy atom. The number of hydrogen-bond acceptors (Lipinski definition) is 6. The van der Waals surface area contributed by atoms with E-state index in [0.717, 1.165) is 17.5 Å². The molecule has 0 radical (unpaired) electrons. The Morgan fingerprint density at radius 2 is 1.29 bits per heavy atom. The zero-order valence-electron chi connectivity index (χ0n) is 18.5. The number of phenolic OH excluding ortho intramolecular Hbond substituents is 2. The van der Waals surface area contributed by atoms with Crippen molar-refractivity contribution in [2.75, 3.05) is 13.2 Å². The van der Waals surface area contributed by atoms with Crippen molar-refractivity contribution in [2.24, 2.45) is 5.92 Å². The van der Waals surface area contributed by atoms with Gasteiger partial charge < -0.3 is 19.7 Å². The molecule has 2 aromatic carbocycles. The molecule has 0 saturated heterocycles. The molecule has 0 aliphatic carbocycles. The number of ether oxygens (including phenoxy) is 2. The van der Waals surface area contributed by atoms with Crippen molar-refractivity contribution in [1.29, 1.82) is 0 Å². The van der Waals surface area contributed by atoms with Crippen LogP contribution in [-0.4, -0.2) is 35.4 Å². The molecule has 0 heterocycles. The van der Waals surface area contributed by atoms with Crippen molar-refractivity contribution >= 4 is 11.9 Å². The van der Waals surface area contributed by atoms with Gasteiger partial charge in [-0.1, -0.05) is 44.7 Å². The van der Waals surface area contributed by atoms with Crippen LogP contribution in [0, 0.1) is 5.92 Å². The van der Waals surface area contributed by atoms with Gasteiger partial charge in [-0.3, -0.25) is 4.79 Å². The highest BCUT2D eigenvalue weighted by atomic mass is 16.5. The van der Waals surface area contributed by atoms with Gasteiger partial charge in [0.15, 0.2) is 0 Å². The molecule has 0 bridgehead atoms. The van der Waals surface area contributed by atoms with E-state index in [4.69, 9.17) is 19.7 Å². The molecule has 0 saturated carbocycles. The van der Waals surface area contributed by atoms with Crippen molar-refractivity contribution in [3.63, 3.8) is 0 Å². The van der Waals surface area contributed by atoms with Crippen LogP contribution >= 0.6 is 0 Å². The van der Waals surface area contributed by atoms with E-state index in [1.807, 2.05) is 26.0 Å². The van der Waals surface area contributed by atoms with Crippen LogP contribution in [0.15, 0.2) is 60.7 Å². The van der Waals surface area contributed by atoms with Gasteiger partial charge in [0.2, 0.25) is 0 Å². The molecule has 0 spiro atoms. The van der Waals surface area contributed by atoms with Gasteiger partial charge in [0, 0.05) is 18.4 Å². The lowest BCUT2D eigenvalue weighted by atomic mass is 10.1. The summed E-state index contributed by atoms with van der Waals surface area (Å²) in [5, 5.41) is 18.1. The van der Waals surface area contributed by atoms with Crippen molar-refractivity contribution in [1.82, 2.24) is 0 Å². The number of phenols is 2. The molecular weight excluding hydrogens is 396 g/mol. The van der Waals surface area contributed by atoms with Crippen LogP contribution in [0.1, 0.15) is 38.3 Å². The zero-order chi connectivity index (χ0) is 23.2. The van der Waals surface area contributed by atoms with Crippen LogP contribution in [0.5, 0.6) is 11.5 Å². The maximum Gasteiger partial charge on any atom is 0.333 e. The van der Waals surface area contributed by atoms with E-state index < -0.39 is 0 Å². The second kappa shape index (κ2) is 13.9. The second-order valence-corrected chi connectivity index (χ2v) is 7.23. The Bertz CT molecular complexity index is 824. The molecule has 2 N–H and O–H groups in total. The van der Waals surface area contributed by atoms with Crippen LogP contribution in [0.3, 0.4) is 0 Å². The maximum absolute atomic E-state index is 11.4. The first-order valence-corrected chi connectivity index (χ1v) is 10.3. The molecule has 0 aliphatic heterocycles. The van der Waals surface area contributed by atoms with E-state index >= 15 is 0 Å². The van der Waals surface area contributed by atoms with E-state index in [0.29, 0.717) is 31.6 Å².